The number of hydrogen-bond acceptors (Lipinski definition) is 3. The van der Waals surface area contributed by atoms with Gasteiger partial charge in [0, 0.05) is 6.20 Å². The number of aryl methyl sites for hydroxylation is 1. The number of nitrogens with two attached hydrogens (primary N) is 1. The lowest BCUT2D eigenvalue weighted by molar-refractivity contribution is 0.631. The van der Waals surface area contributed by atoms with Crippen LogP contribution in [0, 0.1) is 12.7 Å². The molecule has 0 spiro atoms. The fraction of sp³-hybridized carbons (Fsp3) is 0.0833. The minimum Gasteiger partial charge on any atom is -0.396 e. The minimum absolute atomic E-state index is 0.346. The highest BCUT2D eigenvalue weighted by atomic mass is 35.5. The number of rotatable bonds is 2. The van der Waals surface area contributed by atoms with Gasteiger partial charge in [0.2, 0.25) is 0 Å². The van der Waals surface area contributed by atoms with Crippen molar-refractivity contribution in [3.05, 3.63) is 46.9 Å². The van der Waals surface area contributed by atoms with Crippen LogP contribution in [0.2, 0.25) is 5.02 Å². The molecule has 0 unspecified atom stereocenters. The van der Waals surface area contributed by atoms with Crippen LogP contribution in [0.1, 0.15) is 5.56 Å². The Labute approximate surface area is 103 Å². The topological polar surface area (TPSA) is 50.9 Å². The van der Waals surface area contributed by atoms with E-state index in [1.54, 1.807) is 25.1 Å². The van der Waals surface area contributed by atoms with E-state index in [0.29, 0.717) is 22.2 Å². The molecule has 1 aromatic carbocycles. The summed E-state index contributed by atoms with van der Waals surface area (Å²) in [6.07, 6.45) is 1.45. The Morgan fingerprint density at radius 3 is 2.82 bits per heavy atom. The van der Waals surface area contributed by atoms with Gasteiger partial charge in [-0.25, -0.2) is 9.37 Å². The van der Waals surface area contributed by atoms with Crippen molar-refractivity contribution in [2.24, 2.45) is 0 Å². The van der Waals surface area contributed by atoms with Crippen molar-refractivity contribution in [1.82, 2.24) is 4.98 Å². The SMILES string of the molecule is Cc1cccc(F)c1Nc1ncc(Cl)cc1N. The third-order valence-corrected chi connectivity index (χ3v) is 2.56. The number of hydrogen-bond donors (Lipinski definition) is 2. The molecule has 0 saturated carbocycles. The smallest absolute Gasteiger partial charge is 0.153 e. The number of pyridine rings is 1. The average Bonchev–Trinajstić information content (AvgIpc) is 2.26. The largest absolute Gasteiger partial charge is 0.396 e. The monoisotopic (exact) mass is 251 g/mol. The highest BCUT2D eigenvalue weighted by Crippen LogP contribution is 2.27. The van der Waals surface area contributed by atoms with Crippen molar-refractivity contribution >= 4 is 28.8 Å². The van der Waals surface area contributed by atoms with Crippen LogP contribution in [0.4, 0.5) is 21.6 Å². The zero-order valence-electron chi connectivity index (χ0n) is 9.17. The second-order valence-corrected chi connectivity index (χ2v) is 4.08. The summed E-state index contributed by atoms with van der Waals surface area (Å²) in [6, 6.07) is 6.39. The first-order valence-electron chi connectivity index (χ1n) is 5.01. The molecule has 0 radical (unpaired) electrons. The van der Waals surface area contributed by atoms with Crippen molar-refractivity contribution in [2.45, 2.75) is 6.92 Å². The van der Waals surface area contributed by atoms with E-state index in [1.807, 2.05) is 0 Å². The van der Waals surface area contributed by atoms with Crippen LogP contribution in [-0.4, -0.2) is 4.98 Å². The molecule has 0 fully saturated rings. The molecule has 0 atom stereocenters. The summed E-state index contributed by atoms with van der Waals surface area (Å²) in [5, 5.41) is 3.31. The Hall–Kier alpha value is -1.81. The zero-order valence-corrected chi connectivity index (χ0v) is 9.92. The van der Waals surface area contributed by atoms with Gasteiger partial charge in [-0.3, -0.25) is 0 Å². The molecule has 2 rings (SSSR count). The Morgan fingerprint density at radius 2 is 2.18 bits per heavy atom. The van der Waals surface area contributed by atoms with E-state index in [4.69, 9.17) is 17.3 Å². The molecule has 0 aliphatic heterocycles. The van der Waals surface area contributed by atoms with Crippen LogP contribution < -0.4 is 11.1 Å². The third kappa shape index (κ3) is 2.47. The zero-order chi connectivity index (χ0) is 12.4. The summed E-state index contributed by atoms with van der Waals surface area (Å²) in [6.45, 7) is 1.80. The quantitative estimate of drug-likeness (QED) is 0.859. The van der Waals surface area contributed by atoms with Gasteiger partial charge < -0.3 is 11.1 Å². The second kappa shape index (κ2) is 4.59. The maximum Gasteiger partial charge on any atom is 0.153 e. The second-order valence-electron chi connectivity index (χ2n) is 3.65. The Kier molecular flexibility index (Phi) is 3.15. The first-order chi connectivity index (χ1) is 8.08. The molecule has 88 valence electrons. The lowest BCUT2D eigenvalue weighted by Gasteiger charge is -2.11. The predicted octanol–water partition coefficient (Wildman–Crippen LogP) is 3.51. The molecule has 0 bridgehead atoms. The van der Waals surface area contributed by atoms with Crippen molar-refractivity contribution in [2.75, 3.05) is 11.1 Å². The summed E-state index contributed by atoms with van der Waals surface area (Å²) < 4.78 is 13.6. The highest BCUT2D eigenvalue weighted by molar-refractivity contribution is 6.30. The summed E-state index contributed by atoms with van der Waals surface area (Å²) in [5.74, 6) is 0.0451. The third-order valence-electron chi connectivity index (χ3n) is 2.35. The van der Waals surface area contributed by atoms with Crippen LogP contribution in [0.5, 0.6) is 0 Å². The van der Waals surface area contributed by atoms with Gasteiger partial charge >= 0.3 is 0 Å². The average molecular weight is 252 g/mol. The van der Waals surface area contributed by atoms with Gasteiger partial charge in [0.1, 0.15) is 5.82 Å². The normalized spacial score (nSPS) is 10.3. The van der Waals surface area contributed by atoms with Crippen LogP contribution in [-0.2, 0) is 0 Å². The van der Waals surface area contributed by atoms with Crippen molar-refractivity contribution in [3.63, 3.8) is 0 Å². The highest BCUT2D eigenvalue weighted by Gasteiger charge is 2.08. The first-order valence-corrected chi connectivity index (χ1v) is 5.39. The van der Waals surface area contributed by atoms with E-state index in [1.165, 1.54) is 12.3 Å². The minimum atomic E-state index is -0.346. The van der Waals surface area contributed by atoms with Crippen LogP contribution >= 0.6 is 11.6 Å². The van der Waals surface area contributed by atoms with E-state index in [0.717, 1.165) is 5.56 Å². The van der Waals surface area contributed by atoms with Crippen LogP contribution in [0.25, 0.3) is 0 Å². The Bertz CT molecular complexity index is 537. The number of halogens is 2. The summed E-state index contributed by atoms with van der Waals surface area (Å²) >= 11 is 5.74. The molecule has 0 amide bonds. The number of para-hydroxylation sites is 1. The summed E-state index contributed by atoms with van der Waals surface area (Å²) in [7, 11) is 0. The molecule has 2 aromatic rings. The van der Waals surface area contributed by atoms with Crippen molar-refractivity contribution in [3.8, 4) is 0 Å². The van der Waals surface area contributed by atoms with E-state index in [-0.39, 0.29) is 5.82 Å². The maximum atomic E-state index is 13.6. The van der Waals surface area contributed by atoms with E-state index >= 15 is 0 Å². The van der Waals surface area contributed by atoms with Crippen molar-refractivity contribution < 1.29 is 4.39 Å². The van der Waals surface area contributed by atoms with Gasteiger partial charge in [0.25, 0.3) is 0 Å². The molecular formula is C12H11ClFN3. The van der Waals surface area contributed by atoms with Crippen molar-refractivity contribution in [1.29, 1.82) is 0 Å². The van der Waals surface area contributed by atoms with Crippen LogP contribution in [0.3, 0.4) is 0 Å². The van der Waals surface area contributed by atoms with Gasteiger partial charge in [-0.15, -0.1) is 0 Å². The molecule has 1 heterocycles. The molecule has 0 aliphatic carbocycles. The molecule has 5 heteroatoms. The van der Waals surface area contributed by atoms with E-state index < -0.39 is 0 Å². The number of nitrogens with zero attached hydrogens (tertiary/aromatic N) is 1. The molecule has 17 heavy (non-hydrogen) atoms. The van der Waals surface area contributed by atoms with Gasteiger partial charge in [-0.2, -0.15) is 0 Å². The van der Waals surface area contributed by atoms with Crippen LogP contribution in [0.15, 0.2) is 30.5 Å². The lowest BCUT2D eigenvalue weighted by atomic mass is 10.2. The number of nitrogen functional groups attached to an aromatic ring is 1. The molecule has 1 aromatic heterocycles. The molecule has 3 nitrogen and oxygen atoms in total. The molecule has 0 aliphatic rings. The molecular weight excluding hydrogens is 241 g/mol. The van der Waals surface area contributed by atoms with Gasteiger partial charge in [0.05, 0.1) is 16.4 Å². The van der Waals surface area contributed by atoms with Gasteiger partial charge in [-0.1, -0.05) is 23.7 Å². The van der Waals surface area contributed by atoms with E-state index in [9.17, 15) is 4.39 Å². The summed E-state index contributed by atoms with van der Waals surface area (Å²) in [4.78, 5) is 4.02. The van der Waals surface area contributed by atoms with Gasteiger partial charge in [-0.05, 0) is 24.6 Å². The van der Waals surface area contributed by atoms with E-state index in [2.05, 4.69) is 10.3 Å². The molecule has 0 saturated heterocycles. The lowest BCUT2D eigenvalue weighted by Crippen LogP contribution is -2.02. The fourth-order valence-electron chi connectivity index (χ4n) is 1.47. The predicted molar refractivity (Wildman–Crippen MR) is 68.1 cm³/mol. The first kappa shape index (κ1) is 11.7. The number of anilines is 3. The fourth-order valence-corrected chi connectivity index (χ4v) is 1.63. The molecule has 3 N–H and O–H groups in total. The Morgan fingerprint density at radius 1 is 1.41 bits per heavy atom. The summed E-state index contributed by atoms with van der Waals surface area (Å²) in [5.41, 5.74) is 7.26. The number of aromatic nitrogens is 1. The number of benzene rings is 1. The Balaban J connectivity index is 2.38. The maximum absolute atomic E-state index is 13.6. The van der Waals surface area contributed by atoms with Gasteiger partial charge in [0.15, 0.2) is 5.82 Å². The standard InChI is InChI=1S/C12H11ClFN3/c1-7-3-2-4-9(14)11(7)17-12-10(15)5-8(13)6-16-12/h2-6H,15H2,1H3,(H,16,17). The number of nitrogens with one attached hydrogen (secondary N) is 1.